The second-order valence-electron chi connectivity index (χ2n) is 6.69. The van der Waals surface area contributed by atoms with Gasteiger partial charge in [-0.1, -0.05) is 13.0 Å². The van der Waals surface area contributed by atoms with Crippen LogP contribution >= 0.6 is 0 Å². The van der Waals surface area contributed by atoms with E-state index in [1.165, 1.54) is 0 Å². The number of fused-ring (bicyclic) bond motifs is 1. The number of hydrogen-bond acceptors (Lipinski definition) is 3. The van der Waals surface area contributed by atoms with Gasteiger partial charge in [-0.2, -0.15) is 0 Å². The highest BCUT2D eigenvalue weighted by Gasteiger charge is 2.28. The fourth-order valence-electron chi connectivity index (χ4n) is 3.36. The Balaban J connectivity index is 1.99. The molecular weight excluding hydrogens is 316 g/mol. The monoisotopic (exact) mass is 342 g/mol. The van der Waals surface area contributed by atoms with Gasteiger partial charge in [-0.3, -0.25) is 14.0 Å². The normalized spacial score (nSPS) is 15.6. The molecule has 0 N–H and O–H groups in total. The summed E-state index contributed by atoms with van der Waals surface area (Å²) in [5, 5.41) is 0. The molecule has 2 amide bonds. The van der Waals surface area contributed by atoms with Crippen LogP contribution in [0.2, 0.25) is 0 Å². The zero-order chi connectivity index (χ0) is 18.0. The summed E-state index contributed by atoms with van der Waals surface area (Å²) in [6.07, 6.45) is 3.83. The number of aromatic nitrogens is 2. The van der Waals surface area contributed by atoms with E-state index in [2.05, 4.69) is 11.9 Å². The van der Waals surface area contributed by atoms with Gasteiger partial charge in [0.2, 0.25) is 5.82 Å². The second kappa shape index (κ2) is 7.25. The Morgan fingerprint density at radius 1 is 1.20 bits per heavy atom. The maximum Gasteiger partial charge on any atom is 0.290 e. The molecule has 0 unspecified atom stereocenters. The van der Waals surface area contributed by atoms with Gasteiger partial charge in [0.15, 0.2) is 5.69 Å². The molecular formula is C19H26N4O2. The van der Waals surface area contributed by atoms with Gasteiger partial charge in [0, 0.05) is 32.4 Å². The SMILES string of the molecule is CCN(CC)C(=O)c1nc(C(=O)N2CCC(C)CC2)c2ccccn12. The highest BCUT2D eigenvalue weighted by atomic mass is 16.2. The maximum atomic E-state index is 13.0. The van der Waals surface area contributed by atoms with Crippen LogP contribution in [0.4, 0.5) is 0 Å². The van der Waals surface area contributed by atoms with E-state index in [0.29, 0.717) is 36.0 Å². The molecule has 0 spiro atoms. The lowest BCUT2D eigenvalue weighted by molar-refractivity contribution is 0.0693. The highest BCUT2D eigenvalue weighted by molar-refractivity contribution is 6.02. The van der Waals surface area contributed by atoms with Crippen molar-refractivity contribution in [1.29, 1.82) is 0 Å². The average molecular weight is 342 g/mol. The minimum atomic E-state index is -0.141. The predicted molar refractivity (Wildman–Crippen MR) is 96.7 cm³/mol. The summed E-state index contributed by atoms with van der Waals surface area (Å²) < 4.78 is 1.74. The van der Waals surface area contributed by atoms with Gasteiger partial charge >= 0.3 is 0 Å². The number of piperidine rings is 1. The van der Waals surface area contributed by atoms with Gasteiger partial charge in [-0.15, -0.1) is 0 Å². The van der Waals surface area contributed by atoms with Crippen molar-refractivity contribution in [1.82, 2.24) is 19.2 Å². The largest absolute Gasteiger partial charge is 0.337 e. The molecule has 1 aliphatic heterocycles. The number of amides is 2. The molecule has 134 valence electrons. The summed E-state index contributed by atoms with van der Waals surface area (Å²) in [5.41, 5.74) is 1.08. The van der Waals surface area contributed by atoms with Crippen LogP contribution in [-0.2, 0) is 0 Å². The lowest BCUT2D eigenvalue weighted by atomic mass is 9.99. The molecule has 6 nitrogen and oxygen atoms in total. The number of carbonyl (C=O) groups is 2. The van der Waals surface area contributed by atoms with Crippen molar-refractivity contribution in [3.8, 4) is 0 Å². The molecule has 6 heteroatoms. The van der Waals surface area contributed by atoms with Crippen LogP contribution in [0.3, 0.4) is 0 Å². The third-order valence-corrected chi connectivity index (χ3v) is 5.06. The van der Waals surface area contributed by atoms with Crippen LogP contribution in [0.15, 0.2) is 24.4 Å². The summed E-state index contributed by atoms with van der Waals surface area (Å²) >= 11 is 0. The van der Waals surface area contributed by atoms with Crippen LogP contribution in [0, 0.1) is 5.92 Å². The quantitative estimate of drug-likeness (QED) is 0.858. The van der Waals surface area contributed by atoms with E-state index in [9.17, 15) is 9.59 Å². The molecule has 2 aromatic heterocycles. The molecule has 0 aliphatic carbocycles. The fourth-order valence-corrected chi connectivity index (χ4v) is 3.36. The van der Waals surface area contributed by atoms with Crippen LogP contribution in [0.25, 0.3) is 5.52 Å². The van der Waals surface area contributed by atoms with E-state index in [0.717, 1.165) is 25.9 Å². The molecule has 0 radical (unpaired) electrons. The van der Waals surface area contributed by atoms with E-state index in [-0.39, 0.29) is 11.8 Å². The fraction of sp³-hybridized carbons (Fsp3) is 0.526. The van der Waals surface area contributed by atoms with Gasteiger partial charge in [-0.25, -0.2) is 4.98 Å². The Morgan fingerprint density at radius 3 is 2.52 bits per heavy atom. The van der Waals surface area contributed by atoms with Crippen molar-refractivity contribution >= 4 is 17.3 Å². The van der Waals surface area contributed by atoms with Crippen molar-refractivity contribution in [3.05, 3.63) is 35.9 Å². The summed E-state index contributed by atoms with van der Waals surface area (Å²) in [5.74, 6) is 0.752. The van der Waals surface area contributed by atoms with Crippen LogP contribution in [0.1, 0.15) is 54.7 Å². The van der Waals surface area contributed by atoms with E-state index in [4.69, 9.17) is 0 Å². The number of carbonyl (C=O) groups excluding carboxylic acids is 2. The number of imidazole rings is 1. The first-order chi connectivity index (χ1) is 12.1. The zero-order valence-electron chi connectivity index (χ0n) is 15.2. The third kappa shape index (κ3) is 3.25. The summed E-state index contributed by atoms with van der Waals surface area (Å²) in [4.78, 5) is 33.8. The lowest BCUT2D eigenvalue weighted by Gasteiger charge is -2.29. The highest BCUT2D eigenvalue weighted by Crippen LogP contribution is 2.21. The molecule has 0 atom stereocenters. The average Bonchev–Trinajstić information content (AvgIpc) is 3.02. The molecule has 0 bridgehead atoms. The van der Waals surface area contributed by atoms with Crippen molar-refractivity contribution in [2.75, 3.05) is 26.2 Å². The number of hydrogen-bond donors (Lipinski definition) is 0. The Kier molecular flexibility index (Phi) is 5.06. The van der Waals surface area contributed by atoms with Gasteiger partial charge in [-0.05, 0) is 44.7 Å². The van der Waals surface area contributed by atoms with Gasteiger partial charge < -0.3 is 9.80 Å². The Bertz CT molecular complexity index is 771. The van der Waals surface area contributed by atoms with Crippen LogP contribution in [0.5, 0.6) is 0 Å². The van der Waals surface area contributed by atoms with E-state index >= 15 is 0 Å². The first-order valence-electron chi connectivity index (χ1n) is 9.12. The molecule has 1 aliphatic rings. The van der Waals surface area contributed by atoms with Crippen molar-refractivity contribution in [3.63, 3.8) is 0 Å². The molecule has 3 rings (SSSR count). The molecule has 2 aromatic rings. The molecule has 0 saturated carbocycles. The first-order valence-corrected chi connectivity index (χ1v) is 9.12. The Hall–Kier alpha value is -2.37. The zero-order valence-corrected chi connectivity index (χ0v) is 15.2. The first kappa shape index (κ1) is 17.5. The van der Waals surface area contributed by atoms with Crippen LogP contribution < -0.4 is 0 Å². The van der Waals surface area contributed by atoms with E-state index < -0.39 is 0 Å². The molecule has 25 heavy (non-hydrogen) atoms. The van der Waals surface area contributed by atoms with Gasteiger partial charge in [0.1, 0.15) is 0 Å². The number of likely N-dealkylation sites (tertiary alicyclic amines) is 1. The summed E-state index contributed by atoms with van der Waals surface area (Å²) in [7, 11) is 0. The Morgan fingerprint density at radius 2 is 1.88 bits per heavy atom. The minimum Gasteiger partial charge on any atom is -0.337 e. The molecule has 1 saturated heterocycles. The number of nitrogens with zero attached hydrogens (tertiary/aromatic N) is 4. The summed E-state index contributed by atoms with van der Waals surface area (Å²) in [6, 6.07) is 5.58. The smallest absolute Gasteiger partial charge is 0.290 e. The number of pyridine rings is 1. The molecule has 1 fully saturated rings. The van der Waals surface area contributed by atoms with Crippen molar-refractivity contribution < 1.29 is 9.59 Å². The van der Waals surface area contributed by atoms with Gasteiger partial charge in [0.05, 0.1) is 5.52 Å². The summed E-state index contributed by atoms with van der Waals surface area (Å²) in [6.45, 7) is 8.84. The molecule has 3 heterocycles. The van der Waals surface area contributed by atoms with E-state index in [1.807, 2.05) is 36.9 Å². The predicted octanol–water partition coefficient (Wildman–Crippen LogP) is 2.69. The standard InChI is InChI=1S/C19H26N4O2/c1-4-21(5-2)19(25)17-20-16(15-8-6-7-11-23(15)17)18(24)22-12-9-14(3)10-13-22/h6-8,11,14H,4-5,9-10,12-13H2,1-3H3. The molecule has 0 aromatic carbocycles. The number of rotatable bonds is 4. The van der Waals surface area contributed by atoms with Crippen molar-refractivity contribution in [2.45, 2.75) is 33.6 Å². The second-order valence-corrected chi connectivity index (χ2v) is 6.69. The third-order valence-electron chi connectivity index (χ3n) is 5.06. The lowest BCUT2D eigenvalue weighted by Crippen LogP contribution is -2.38. The van der Waals surface area contributed by atoms with Crippen LogP contribution in [-0.4, -0.2) is 57.2 Å². The Labute approximate surface area is 148 Å². The van der Waals surface area contributed by atoms with Crippen molar-refractivity contribution in [2.24, 2.45) is 5.92 Å². The van der Waals surface area contributed by atoms with E-state index in [1.54, 1.807) is 15.5 Å². The van der Waals surface area contributed by atoms with Gasteiger partial charge in [0.25, 0.3) is 11.8 Å². The topological polar surface area (TPSA) is 57.9 Å². The maximum absolute atomic E-state index is 13.0. The minimum absolute atomic E-state index is 0.0748.